The van der Waals surface area contributed by atoms with Gasteiger partial charge in [0.05, 0.1) is 18.4 Å². The van der Waals surface area contributed by atoms with Crippen LogP contribution in [-0.2, 0) is 18.5 Å². The van der Waals surface area contributed by atoms with Crippen molar-refractivity contribution in [2.45, 2.75) is 31.3 Å². The monoisotopic (exact) mass is 415 g/mol. The fourth-order valence-corrected chi connectivity index (χ4v) is 5.20. The van der Waals surface area contributed by atoms with Crippen LogP contribution in [0.5, 0.6) is 0 Å². The van der Waals surface area contributed by atoms with Crippen LogP contribution in [0.4, 0.5) is 0 Å². The van der Waals surface area contributed by atoms with Gasteiger partial charge >= 0.3 is 0 Å². The minimum atomic E-state index is -0.0842. The number of imidazole rings is 1. The smallest absolute Gasteiger partial charge is 0.289 e. The molecule has 31 heavy (non-hydrogen) atoms. The Kier molecular flexibility index (Phi) is 4.24. The molecule has 0 radical (unpaired) electrons. The summed E-state index contributed by atoms with van der Waals surface area (Å²) in [6.45, 7) is 2.96. The van der Waals surface area contributed by atoms with Crippen LogP contribution in [0.2, 0.25) is 0 Å². The normalized spacial score (nSPS) is 17.9. The van der Waals surface area contributed by atoms with Crippen molar-refractivity contribution in [2.75, 3.05) is 19.6 Å². The number of benzene rings is 1. The summed E-state index contributed by atoms with van der Waals surface area (Å²) in [4.78, 5) is 22.7. The van der Waals surface area contributed by atoms with E-state index in [2.05, 4.69) is 39.6 Å². The molecule has 6 rings (SSSR count). The van der Waals surface area contributed by atoms with E-state index in [9.17, 15) is 4.79 Å². The molecule has 3 aromatic heterocycles. The lowest BCUT2D eigenvalue weighted by molar-refractivity contribution is 0.0594. The second-order valence-electron chi connectivity index (χ2n) is 8.58. The van der Waals surface area contributed by atoms with E-state index < -0.39 is 0 Å². The van der Waals surface area contributed by atoms with Crippen molar-refractivity contribution >= 4 is 16.8 Å². The molecule has 0 saturated carbocycles. The summed E-state index contributed by atoms with van der Waals surface area (Å²) < 4.78 is 7.76. The first kappa shape index (κ1) is 18.4. The maximum Gasteiger partial charge on any atom is 0.289 e. The fourth-order valence-electron chi connectivity index (χ4n) is 5.20. The minimum absolute atomic E-state index is 0.0283. The lowest BCUT2D eigenvalue weighted by atomic mass is 9.79. The van der Waals surface area contributed by atoms with Gasteiger partial charge in [0.2, 0.25) is 0 Å². The number of furan rings is 1. The van der Waals surface area contributed by atoms with Crippen LogP contribution in [0.3, 0.4) is 0 Å². The van der Waals surface area contributed by atoms with E-state index in [-0.39, 0.29) is 11.4 Å². The summed E-state index contributed by atoms with van der Waals surface area (Å²) in [5, 5.41) is 5.11. The summed E-state index contributed by atoms with van der Waals surface area (Å²) >= 11 is 0. The quantitative estimate of drug-likeness (QED) is 0.538. The van der Waals surface area contributed by atoms with E-state index in [1.54, 1.807) is 18.6 Å². The van der Waals surface area contributed by atoms with Gasteiger partial charge < -0.3 is 24.2 Å². The molecule has 1 fully saturated rings. The van der Waals surface area contributed by atoms with E-state index in [4.69, 9.17) is 4.42 Å². The number of H-pyrrole nitrogens is 1. The number of nitrogens with zero attached hydrogens (tertiary/aromatic N) is 3. The second-order valence-corrected chi connectivity index (χ2v) is 8.58. The molecule has 0 unspecified atom stereocenters. The highest BCUT2D eigenvalue weighted by Crippen LogP contribution is 2.40. The molecule has 7 nitrogen and oxygen atoms in total. The number of amides is 1. The first-order chi connectivity index (χ1) is 15.2. The SMILES string of the molecule is O=C(c1ccc(Cn2ccnc2)o1)N1CCC2(CC1)NCCc1c2[nH]c2ccccc12. The van der Waals surface area contributed by atoms with Gasteiger partial charge in [-0.2, -0.15) is 0 Å². The minimum Gasteiger partial charge on any atom is -0.454 e. The van der Waals surface area contributed by atoms with Gasteiger partial charge in [0.1, 0.15) is 5.76 Å². The third-order valence-corrected chi connectivity index (χ3v) is 6.80. The number of fused-ring (bicyclic) bond motifs is 4. The van der Waals surface area contributed by atoms with Gasteiger partial charge in [0, 0.05) is 48.6 Å². The molecular weight excluding hydrogens is 390 g/mol. The number of para-hydroxylation sites is 1. The Labute approximate surface area is 180 Å². The molecule has 2 aliphatic rings. The Morgan fingerprint density at radius 2 is 2.03 bits per heavy atom. The van der Waals surface area contributed by atoms with Crippen molar-refractivity contribution in [3.8, 4) is 0 Å². The van der Waals surface area contributed by atoms with E-state index in [1.807, 2.05) is 21.7 Å². The van der Waals surface area contributed by atoms with Gasteiger partial charge in [-0.25, -0.2) is 4.98 Å². The van der Waals surface area contributed by atoms with Gasteiger partial charge in [-0.15, -0.1) is 0 Å². The lowest BCUT2D eigenvalue weighted by Gasteiger charge is -2.44. The van der Waals surface area contributed by atoms with E-state index in [0.29, 0.717) is 25.4 Å². The zero-order chi connectivity index (χ0) is 20.8. The van der Waals surface area contributed by atoms with E-state index in [1.165, 1.54) is 22.2 Å². The van der Waals surface area contributed by atoms with Crippen molar-refractivity contribution in [1.29, 1.82) is 0 Å². The first-order valence-electron chi connectivity index (χ1n) is 10.9. The highest BCUT2D eigenvalue weighted by atomic mass is 16.4. The molecular formula is C24H25N5O2. The molecule has 158 valence electrons. The van der Waals surface area contributed by atoms with Crippen molar-refractivity contribution in [1.82, 2.24) is 24.8 Å². The highest BCUT2D eigenvalue weighted by molar-refractivity contribution is 5.91. The standard InChI is InChI=1S/C24H25N5O2/c30-23(21-6-5-17(31-21)15-28-14-11-25-16-28)29-12-8-24(9-13-29)22-19(7-10-26-24)18-3-1-2-4-20(18)27-22/h1-6,11,14,16,26-27H,7-10,12-13,15H2. The average molecular weight is 415 g/mol. The number of nitrogens with one attached hydrogen (secondary N) is 2. The van der Waals surface area contributed by atoms with Crippen LogP contribution >= 0.6 is 0 Å². The summed E-state index contributed by atoms with van der Waals surface area (Å²) in [5.41, 5.74) is 3.87. The number of piperidine rings is 1. The Balaban J connectivity index is 1.19. The Hall–Kier alpha value is -3.32. The lowest BCUT2D eigenvalue weighted by Crippen LogP contribution is -2.55. The number of carbonyl (C=O) groups is 1. The molecule has 0 atom stereocenters. The zero-order valence-electron chi connectivity index (χ0n) is 17.3. The molecule has 4 aromatic rings. The third-order valence-electron chi connectivity index (χ3n) is 6.80. The number of rotatable bonds is 3. The predicted octanol–water partition coefficient (Wildman–Crippen LogP) is 3.28. The van der Waals surface area contributed by atoms with Gasteiger partial charge in [-0.3, -0.25) is 4.79 Å². The summed E-state index contributed by atoms with van der Waals surface area (Å²) in [7, 11) is 0. The first-order valence-corrected chi connectivity index (χ1v) is 10.9. The van der Waals surface area contributed by atoms with E-state index in [0.717, 1.165) is 31.6 Å². The second kappa shape index (κ2) is 7.13. The molecule has 0 aliphatic carbocycles. The number of hydrogen-bond donors (Lipinski definition) is 2. The van der Waals surface area contributed by atoms with Crippen LogP contribution in [0.15, 0.2) is 59.5 Å². The largest absolute Gasteiger partial charge is 0.454 e. The molecule has 1 saturated heterocycles. The Bertz CT molecular complexity index is 1230. The van der Waals surface area contributed by atoms with Crippen molar-refractivity contribution < 1.29 is 9.21 Å². The fraction of sp³-hybridized carbons (Fsp3) is 0.333. The maximum atomic E-state index is 13.1. The summed E-state index contributed by atoms with van der Waals surface area (Å²) in [5.74, 6) is 1.14. The topological polar surface area (TPSA) is 79.1 Å². The average Bonchev–Trinajstić information content (AvgIpc) is 3.55. The van der Waals surface area contributed by atoms with Crippen LogP contribution in [0, 0.1) is 0 Å². The van der Waals surface area contributed by atoms with Gasteiger partial charge in [0.25, 0.3) is 5.91 Å². The van der Waals surface area contributed by atoms with Crippen molar-refractivity contribution in [3.63, 3.8) is 0 Å². The third kappa shape index (κ3) is 3.08. The van der Waals surface area contributed by atoms with Crippen LogP contribution < -0.4 is 5.32 Å². The Morgan fingerprint density at radius 3 is 2.87 bits per heavy atom. The molecule has 1 spiro atoms. The predicted molar refractivity (Wildman–Crippen MR) is 117 cm³/mol. The summed E-state index contributed by atoms with van der Waals surface area (Å²) in [6.07, 6.45) is 8.17. The van der Waals surface area contributed by atoms with Crippen LogP contribution in [0.25, 0.3) is 10.9 Å². The number of aromatic amines is 1. The molecule has 1 aromatic carbocycles. The van der Waals surface area contributed by atoms with Gasteiger partial charge in [-0.05, 0) is 43.0 Å². The van der Waals surface area contributed by atoms with E-state index >= 15 is 0 Å². The maximum absolute atomic E-state index is 13.1. The molecule has 7 heteroatoms. The Morgan fingerprint density at radius 1 is 1.16 bits per heavy atom. The molecule has 5 heterocycles. The number of likely N-dealkylation sites (tertiary alicyclic amines) is 1. The van der Waals surface area contributed by atoms with Gasteiger partial charge in [0.15, 0.2) is 5.76 Å². The molecule has 2 N–H and O–H groups in total. The summed E-state index contributed by atoms with van der Waals surface area (Å²) in [6, 6.07) is 12.2. The molecule has 0 bridgehead atoms. The van der Waals surface area contributed by atoms with Crippen LogP contribution in [-0.4, -0.2) is 45.0 Å². The molecule has 1 amide bonds. The highest BCUT2D eigenvalue weighted by Gasteiger charge is 2.42. The van der Waals surface area contributed by atoms with Gasteiger partial charge in [-0.1, -0.05) is 18.2 Å². The molecule has 2 aliphatic heterocycles. The van der Waals surface area contributed by atoms with Crippen LogP contribution in [0.1, 0.15) is 40.4 Å². The number of hydrogen-bond acceptors (Lipinski definition) is 4. The number of carbonyl (C=O) groups excluding carboxylic acids is 1. The number of aromatic nitrogens is 3. The zero-order valence-corrected chi connectivity index (χ0v) is 17.3. The van der Waals surface area contributed by atoms with Crippen molar-refractivity contribution in [3.05, 3.63) is 77.9 Å². The van der Waals surface area contributed by atoms with Crippen molar-refractivity contribution in [2.24, 2.45) is 0 Å².